The van der Waals surface area contributed by atoms with Crippen LogP contribution in [-0.4, -0.2) is 44.1 Å². The number of hydrogen-bond acceptors (Lipinski definition) is 7. The molecule has 1 unspecified atom stereocenters. The van der Waals surface area contributed by atoms with Gasteiger partial charge >= 0.3 is 0 Å². The van der Waals surface area contributed by atoms with E-state index in [1.165, 1.54) is 11.3 Å². The van der Waals surface area contributed by atoms with Crippen molar-refractivity contribution >= 4 is 28.2 Å². The maximum atomic E-state index is 12.2. The summed E-state index contributed by atoms with van der Waals surface area (Å²) in [6.07, 6.45) is 1.97. The molecule has 1 N–H and O–H groups in total. The van der Waals surface area contributed by atoms with Crippen molar-refractivity contribution in [3.63, 3.8) is 0 Å². The van der Waals surface area contributed by atoms with Crippen molar-refractivity contribution in [2.75, 3.05) is 18.4 Å². The van der Waals surface area contributed by atoms with Crippen molar-refractivity contribution in [2.45, 2.75) is 32.6 Å². The second-order valence-corrected chi connectivity index (χ2v) is 6.80. The number of aryl methyl sites for hydroxylation is 1. The first-order valence-electron chi connectivity index (χ1n) is 7.86. The molecule has 1 aliphatic rings. The summed E-state index contributed by atoms with van der Waals surface area (Å²) in [5.41, 5.74) is 3.20. The molecule has 1 fully saturated rings. The van der Waals surface area contributed by atoms with E-state index in [0.29, 0.717) is 28.9 Å². The van der Waals surface area contributed by atoms with Gasteiger partial charge in [0.15, 0.2) is 0 Å². The molecule has 2 aromatic heterocycles. The van der Waals surface area contributed by atoms with Crippen LogP contribution in [0.5, 0.6) is 0 Å². The van der Waals surface area contributed by atoms with Gasteiger partial charge in [0.1, 0.15) is 17.2 Å². The molecule has 3 heterocycles. The van der Waals surface area contributed by atoms with Gasteiger partial charge in [-0.1, -0.05) is 17.9 Å². The van der Waals surface area contributed by atoms with E-state index in [0.717, 1.165) is 25.1 Å². The largest absolute Gasteiger partial charge is 0.338 e. The first-order valence-corrected chi connectivity index (χ1v) is 8.74. The summed E-state index contributed by atoms with van der Waals surface area (Å²) in [5.74, 6) is 1.64. The number of carbonyl (C=O) groups excluding carboxylic acids is 1. The highest BCUT2D eigenvalue weighted by Gasteiger charge is 2.26. The Kier molecular flexibility index (Phi) is 4.84. The van der Waals surface area contributed by atoms with Crippen LogP contribution in [0.4, 0.5) is 10.9 Å². The number of anilines is 2. The van der Waals surface area contributed by atoms with Crippen LogP contribution in [0.15, 0.2) is 23.7 Å². The first kappa shape index (κ1) is 16.5. The molecule has 7 nitrogen and oxygen atoms in total. The fraction of sp³-hybridized carbons (Fsp3) is 0.438. The van der Waals surface area contributed by atoms with Crippen molar-refractivity contribution in [3.05, 3.63) is 35.2 Å². The minimum Gasteiger partial charge on any atom is -0.338 e. The molecule has 0 radical (unpaired) electrons. The van der Waals surface area contributed by atoms with E-state index in [9.17, 15) is 4.79 Å². The molecular weight excluding hydrogens is 324 g/mol. The zero-order valence-corrected chi connectivity index (χ0v) is 14.6. The monoisotopic (exact) mass is 344 g/mol. The summed E-state index contributed by atoms with van der Waals surface area (Å²) in [5, 5.41) is 11.6. The van der Waals surface area contributed by atoms with Crippen LogP contribution in [0.1, 0.15) is 37.2 Å². The highest BCUT2D eigenvalue weighted by molar-refractivity contribution is 7.13. The minimum absolute atomic E-state index is 0.0256. The number of amides is 1. The van der Waals surface area contributed by atoms with Crippen molar-refractivity contribution < 1.29 is 4.79 Å². The normalized spacial score (nSPS) is 17.6. The molecule has 1 atom stereocenters. The maximum absolute atomic E-state index is 12.2. The molecule has 0 aromatic carbocycles. The van der Waals surface area contributed by atoms with E-state index in [2.05, 4.69) is 32.1 Å². The average Bonchev–Trinajstić information content (AvgIpc) is 3.06. The van der Waals surface area contributed by atoms with Gasteiger partial charge in [-0.3, -0.25) is 4.79 Å². The summed E-state index contributed by atoms with van der Waals surface area (Å²) in [7, 11) is 0. The summed E-state index contributed by atoms with van der Waals surface area (Å²) < 4.78 is 0. The van der Waals surface area contributed by atoms with Gasteiger partial charge in [-0.2, -0.15) is 0 Å². The van der Waals surface area contributed by atoms with Crippen LogP contribution < -0.4 is 5.32 Å². The van der Waals surface area contributed by atoms with Crippen molar-refractivity contribution in [3.8, 4) is 0 Å². The van der Waals surface area contributed by atoms with Crippen LogP contribution >= 0.6 is 11.3 Å². The number of aromatic nitrogens is 4. The average molecular weight is 344 g/mol. The number of carbonyl (C=O) groups is 1. The van der Waals surface area contributed by atoms with Gasteiger partial charge in [-0.05, 0) is 26.7 Å². The van der Waals surface area contributed by atoms with Crippen LogP contribution in [0.3, 0.4) is 0 Å². The highest BCUT2D eigenvalue weighted by atomic mass is 32.1. The molecule has 24 heavy (non-hydrogen) atoms. The van der Waals surface area contributed by atoms with Gasteiger partial charge in [0, 0.05) is 30.6 Å². The molecule has 8 heteroatoms. The van der Waals surface area contributed by atoms with Crippen LogP contribution in [0, 0.1) is 6.92 Å². The third kappa shape index (κ3) is 3.76. The Morgan fingerprint density at radius 2 is 2.29 bits per heavy atom. The Hall–Kier alpha value is -2.35. The predicted molar refractivity (Wildman–Crippen MR) is 93.3 cm³/mol. The summed E-state index contributed by atoms with van der Waals surface area (Å²) >= 11 is 1.42. The van der Waals surface area contributed by atoms with Gasteiger partial charge in [0.05, 0.1) is 5.69 Å². The Bertz CT molecular complexity index is 745. The van der Waals surface area contributed by atoms with Crippen molar-refractivity contribution in [2.24, 2.45) is 0 Å². The third-order valence-corrected chi connectivity index (χ3v) is 4.55. The molecule has 0 spiro atoms. The number of likely N-dealkylation sites (tertiary alicyclic amines) is 1. The summed E-state index contributed by atoms with van der Waals surface area (Å²) in [6, 6.07) is 1.94. The van der Waals surface area contributed by atoms with E-state index >= 15 is 0 Å². The molecule has 1 saturated heterocycles. The van der Waals surface area contributed by atoms with Crippen molar-refractivity contribution in [1.29, 1.82) is 0 Å². The van der Waals surface area contributed by atoms with Crippen molar-refractivity contribution in [1.82, 2.24) is 25.1 Å². The fourth-order valence-electron chi connectivity index (χ4n) is 2.87. The summed E-state index contributed by atoms with van der Waals surface area (Å²) in [6.45, 7) is 8.83. The van der Waals surface area contributed by atoms with E-state index in [4.69, 9.17) is 0 Å². The topological polar surface area (TPSA) is 83.9 Å². The van der Waals surface area contributed by atoms with Gasteiger partial charge in [-0.25, -0.2) is 9.97 Å². The van der Waals surface area contributed by atoms with Gasteiger partial charge < -0.3 is 10.2 Å². The molecule has 1 amide bonds. The molecular formula is C16H20N6OS. The number of piperidine rings is 1. The number of nitrogens with zero attached hydrogens (tertiary/aromatic N) is 5. The number of rotatable bonds is 4. The lowest BCUT2D eigenvalue weighted by molar-refractivity contribution is -0.128. The van der Waals surface area contributed by atoms with Crippen LogP contribution in [-0.2, 0) is 4.79 Å². The second kappa shape index (κ2) is 7.04. The van der Waals surface area contributed by atoms with Gasteiger partial charge in [0.25, 0.3) is 0 Å². The molecule has 1 aliphatic heterocycles. The summed E-state index contributed by atoms with van der Waals surface area (Å²) in [4.78, 5) is 23.0. The van der Waals surface area contributed by atoms with E-state index < -0.39 is 0 Å². The Balaban J connectivity index is 1.79. The van der Waals surface area contributed by atoms with E-state index in [-0.39, 0.29) is 11.8 Å². The third-order valence-electron chi connectivity index (χ3n) is 3.94. The van der Waals surface area contributed by atoms with Gasteiger partial charge in [0.2, 0.25) is 11.0 Å². The fourth-order valence-corrected chi connectivity index (χ4v) is 3.33. The molecule has 0 bridgehead atoms. The zero-order valence-electron chi connectivity index (χ0n) is 13.8. The Morgan fingerprint density at radius 3 is 3.00 bits per heavy atom. The van der Waals surface area contributed by atoms with Crippen LogP contribution in [0.25, 0.3) is 0 Å². The molecule has 3 rings (SSSR count). The second-order valence-electron chi connectivity index (χ2n) is 5.96. The lowest BCUT2D eigenvalue weighted by Gasteiger charge is -2.32. The van der Waals surface area contributed by atoms with Gasteiger partial charge in [-0.15, -0.1) is 10.2 Å². The van der Waals surface area contributed by atoms with E-state index in [1.807, 2.05) is 17.9 Å². The number of hydrogen-bond donors (Lipinski definition) is 1. The quantitative estimate of drug-likeness (QED) is 0.859. The van der Waals surface area contributed by atoms with E-state index in [1.54, 1.807) is 12.4 Å². The number of nitrogens with one attached hydrogen (secondary N) is 1. The van der Waals surface area contributed by atoms with Crippen LogP contribution in [0.2, 0.25) is 0 Å². The highest BCUT2D eigenvalue weighted by Crippen LogP contribution is 2.28. The molecule has 0 saturated carbocycles. The molecule has 2 aromatic rings. The maximum Gasteiger partial charge on any atom is 0.248 e. The lowest BCUT2D eigenvalue weighted by Crippen LogP contribution is -2.39. The first-order chi connectivity index (χ1) is 11.5. The molecule has 0 aliphatic carbocycles. The zero-order chi connectivity index (χ0) is 17.1. The smallest absolute Gasteiger partial charge is 0.248 e. The minimum atomic E-state index is 0.0256. The Morgan fingerprint density at radius 1 is 1.46 bits per heavy atom. The SMILES string of the molecule is C=C(C)C(=O)N1CCCC(c2cc(Nc3nncs3)nc(C)n2)C1. The molecule has 126 valence electrons. The lowest BCUT2D eigenvalue weighted by atomic mass is 9.94. The Labute approximate surface area is 144 Å². The predicted octanol–water partition coefficient (Wildman–Crippen LogP) is 2.66. The standard InChI is InChI=1S/C16H20N6OS/c1-10(2)15(23)22-6-4-5-12(8-22)13-7-14(19-11(3)18-13)20-16-21-17-9-24-16/h7,9,12H,1,4-6,8H2,2-3H3,(H,18,19,20,21).